The van der Waals surface area contributed by atoms with E-state index < -0.39 is 0 Å². The maximum Gasteiger partial charge on any atom is 0.142 e. The zero-order chi connectivity index (χ0) is 11.8. The van der Waals surface area contributed by atoms with Crippen molar-refractivity contribution in [3.05, 3.63) is 18.2 Å². The summed E-state index contributed by atoms with van der Waals surface area (Å²) in [5.74, 6) is 4.22. The summed E-state index contributed by atoms with van der Waals surface area (Å²) in [6, 6.07) is 5.66. The van der Waals surface area contributed by atoms with Gasteiger partial charge in [-0.15, -0.1) is 12.3 Å². The van der Waals surface area contributed by atoms with Gasteiger partial charge >= 0.3 is 0 Å². The lowest BCUT2D eigenvalue weighted by Gasteiger charge is -2.12. The molecule has 0 radical (unpaired) electrons. The van der Waals surface area contributed by atoms with Gasteiger partial charge in [0.05, 0.1) is 19.9 Å². The molecule has 0 fully saturated rings. The third kappa shape index (κ3) is 3.39. The smallest absolute Gasteiger partial charge is 0.142 e. The van der Waals surface area contributed by atoms with E-state index in [4.69, 9.17) is 15.9 Å². The fourth-order valence-electron chi connectivity index (χ4n) is 1.37. The normalized spacial score (nSPS) is 9.31. The van der Waals surface area contributed by atoms with E-state index in [-0.39, 0.29) is 0 Å². The average Bonchev–Trinajstić information content (AvgIpc) is 2.34. The minimum atomic E-state index is 0.777. The monoisotopic (exact) mass is 219 g/mol. The molecule has 0 saturated carbocycles. The molecule has 0 aliphatic carbocycles. The highest BCUT2D eigenvalue weighted by Crippen LogP contribution is 2.28. The lowest BCUT2D eigenvalue weighted by atomic mass is 10.2. The molecule has 0 heterocycles. The maximum atomic E-state index is 5.24. The van der Waals surface area contributed by atoms with Crippen LogP contribution in [0.15, 0.2) is 18.2 Å². The lowest BCUT2D eigenvalue weighted by molar-refractivity contribution is 0.404. The SMILES string of the molecule is C#CCCCNc1cc(OC)ccc1OC. The average molecular weight is 219 g/mol. The molecule has 86 valence electrons. The molecule has 0 aliphatic heterocycles. The van der Waals surface area contributed by atoms with Crippen LogP contribution in [0.3, 0.4) is 0 Å². The van der Waals surface area contributed by atoms with Crippen molar-refractivity contribution in [2.75, 3.05) is 26.1 Å². The van der Waals surface area contributed by atoms with Crippen LogP contribution in [0.25, 0.3) is 0 Å². The predicted octanol–water partition coefficient (Wildman–Crippen LogP) is 2.53. The van der Waals surface area contributed by atoms with Crippen molar-refractivity contribution in [2.45, 2.75) is 12.8 Å². The quantitative estimate of drug-likeness (QED) is 0.589. The lowest BCUT2D eigenvalue weighted by Crippen LogP contribution is -2.03. The van der Waals surface area contributed by atoms with E-state index in [1.54, 1.807) is 14.2 Å². The number of benzene rings is 1. The molecule has 0 unspecified atom stereocenters. The molecule has 16 heavy (non-hydrogen) atoms. The van der Waals surface area contributed by atoms with Gasteiger partial charge in [0.25, 0.3) is 0 Å². The van der Waals surface area contributed by atoms with Crippen LogP contribution in [0.4, 0.5) is 5.69 Å². The Balaban J connectivity index is 2.64. The Morgan fingerprint density at radius 2 is 2.12 bits per heavy atom. The zero-order valence-corrected chi connectivity index (χ0v) is 9.75. The topological polar surface area (TPSA) is 30.5 Å². The van der Waals surface area contributed by atoms with E-state index in [9.17, 15) is 0 Å². The molecule has 0 aliphatic rings. The number of methoxy groups -OCH3 is 2. The van der Waals surface area contributed by atoms with Gasteiger partial charge in [0.15, 0.2) is 0 Å². The van der Waals surface area contributed by atoms with Gasteiger partial charge in [0.2, 0.25) is 0 Å². The van der Waals surface area contributed by atoms with Crippen LogP contribution in [0.2, 0.25) is 0 Å². The highest BCUT2D eigenvalue weighted by molar-refractivity contribution is 5.59. The number of hydrogen-bond acceptors (Lipinski definition) is 3. The summed E-state index contributed by atoms with van der Waals surface area (Å²) in [7, 11) is 3.29. The first kappa shape index (κ1) is 12.3. The molecular formula is C13H17NO2. The number of ether oxygens (including phenoxy) is 2. The number of anilines is 1. The second-order valence-electron chi connectivity index (χ2n) is 3.30. The molecule has 1 aromatic carbocycles. The van der Waals surface area contributed by atoms with Crippen LogP contribution < -0.4 is 14.8 Å². The Kier molecular flexibility index (Phi) is 5.07. The van der Waals surface area contributed by atoms with Crippen molar-refractivity contribution < 1.29 is 9.47 Å². The van der Waals surface area contributed by atoms with Gasteiger partial charge in [-0.25, -0.2) is 0 Å². The van der Waals surface area contributed by atoms with E-state index in [1.165, 1.54) is 0 Å². The molecule has 0 amide bonds. The van der Waals surface area contributed by atoms with Gasteiger partial charge < -0.3 is 14.8 Å². The second kappa shape index (κ2) is 6.62. The van der Waals surface area contributed by atoms with Gasteiger partial charge in [-0.05, 0) is 18.6 Å². The van der Waals surface area contributed by atoms with Crippen molar-refractivity contribution in [1.82, 2.24) is 0 Å². The molecule has 0 aromatic heterocycles. The van der Waals surface area contributed by atoms with Gasteiger partial charge in [0.1, 0.15) is 11.5 Å². The van der Waals surface area contributed by atoms with Gasteiger partial charge in [-0.2, -0.15) is 0 Å². The molecule has 1 rings (SSSR count). The molecule has 3 nitrogen and oxygen atoms in total. The minimum Gasteiger partial charge on any atom is -0.497 e. The summed E-state index contributed by atoms with van der Waals surface area (Å²) < 4.78 is 10.4. The van der Waals surface area contributed by atoms with Crippen molar-refractivity contribution in [3.8, 4) is 23.8 Å². The van der Waals surface area contributed by atoms with E-state index in [1.807, 2.05) is 18.2 Å². The summed E-state index contributed by atoms with van der Waals surface area (Å²) in [6.07, 6.45) is 6.91. The molecule has 1 N–H and O–H groups in total. The zero-order valence-electron chi connectivity index (χ0n) is 9.75. The highest BCUT2D eigenvalue weighted by Gasteiger charge is 2.03. The summed E-state index contributed by atoms with van der Waals surface area (Å²) >= 11 is 0. The summed E-state index contributed by atoms with van der Waals surface area (Å²) in [5, 5.41) is 3.27. The first-order chi connectivity index (χ1) is 7.81. The third-order valence-electron chi connectivity index (χ3n) is 2.22. The van der Waals surface area contributed by atoms with Crippen LogP contribution in [-0.2, 0) is 0 Å². The summed E-state index contributed by atoms with van der Waals surface area (Å²) in [4.78, 5) is 0. The fourth-order valence-corrected chi connectivity index (χ4v) is 1.37. The Labute approximate surface area is 96.8 Å². The third-order valence-corrected chi connectivity index (χ3v) is 2.22. The van der Waals surface area contributed by atoms with E-state index in [0.717, 1.165) is 36.6 Å². The molecule has 3 heteroatoms. The van der Waals surface area contributed by atoms with E-state index >= 15 is 0 Å². The van der Waals surface area contributed by atoms with Crippen LogP contribution in [0.5, 0.6) is 11.5 Å². The standard InChI is InChI=1S/C13H17NO2/c1-4-5-6-9-14-12-10-11(15-2)7-8-13(12)16-3/h1,7-8,10,14H,5-6,9H2,2-3H3. The highest BCUT2D eigenvalue weighted by atomic mass is 16.5. The molecule has 1 aromatic rings. The summed E-state index contributed by atoms with van der Waals surface area (Å²) in [5.41, 5.74) is 0.930. The van der Waals surface area contributed by atoms with Crippen molar-refractivity contribution in [2.24, 2.45) is 0 Å². The largest absolute Gasteiger partial charge is 0.497 e. The van der Waals surface area contributed by atoms with Gasteiger partial charge in [-0.3, -0.25) is 0 Å². The molecule has 0 atom stereocenters. The molecule has 0 spiro atoms. The predicted molar refractivity (Wildman–Crippen MR) is 66.1 cm³/mol. The first-order valence-corrected chi connectivity index (χ1v) is 5.21. The Hall–Kier alpha value is -1.82. The van der Waals surface area contributed by atoms with Crippen molar-refractivity contribution in [1.29, 1.82) is 0 Å². The number of unbranched alkanes of at least 4 members (excludes halogenated alkanes) is 1. The molecular weight excluding hydrogens is 202 g/mol. The van der Waals surface area contributed by atoms with E-state index in [2.05, 4.69) is 11.2 Å². The van der Waals surface area contributed by atoms with Gasteiger partial charge in [0, 0.05) is 19.0 Å². The van der Waals surface area contributed by atoms with Crippen LogP contribution in [0, 0.1) is 12.3 Å². The van der Waals surface area contributed by atoms with Crippen molar-refractivity contribution in [3.63, 3.8) is 0 Å². The maximum absolute atomic E-state index is 5.24. The van der Waals surface area contributed by atoms with Crippen molar-refractivity contribution >= 4 is 5.69 Å². The summed E-state index contributed by atoms with van der Waals surface area (Å²) in [6.45, 7) is 0.827. The fraction of sp³-hybridized carbons (Fsp3) is 0.385. The van der Waals surface area contributed by atoms with Gasteiger partial charge in [-0.1, -0.05) is 0 Å². The minimum absolute atomic E-state index is 0.777. The number of rotatable bonds is 6. The van der Waals surface area contributed by atoms with E-state index in [0.29, 0.717) is 0 Å². The first-order valence-electron chi connectivity index (χ1n) is 5.21. The molecule has 0 saturated heterocycles. The van der Waals surface area contributed by atoms with Crippen LogP contribution >= 0.6 is 0 Å². The number of terminal acetylenes is 1. The van der Waals surface area contributed by atoms with Crippen LogP contribution in [-0.4, -0.2) is 20.8 Å². The molecule has 0 bridgehead atoms. The number of hydrogen-bond donors (Lipinski definition) is 1. The van der Waals surface area contributed by atoms with Crippen LogP contribution in [0.1, 0.15) is 12.8 Å². The number of nitrogens with one attached hydrogen (secondary N) is 1. The Morgan fingerprint density at radius 3 is 2.75 bits per heavy atom. The Morgan fingerprint density at radius 1 is 1.31 bits per heavy atom. The second-order valence-corrected chi connectivity index (χ2v) is 3.30. The Bertz CT molecular complexity index is 369.